The van der Waals surface area contributed by atoms with Gasteiger partial charge in [0.15, 0.2) is 0 Å². The highest BCUT2D eigenvalue weighted by molar-refractivity contribution is 8.14. The molecule has 17 N–H and O–H groups in total. The van der Waals surface area contributed by atoms with Gasteiger partial charge >= 0.3 is 5.97 Å². The normalized spacial score (nSPS) is 27.6. The molecule has 5 aromatic heterocycles. The molecular weight excluding hydrogens is 1520 g/mol. The van der Waals surface area contributed by atoms with E-state index in [1.165, 1.54) is 76.7 Å². The molecule has 9 heterocycles. The second-order valence-electron chi connectivity index (χ2n) is 26.7. The summed E-state index contributed by atoms with van der Waals surface area (Å²) in [6, 6.07) is -10.9. The number of nitrogens with two attached hydrogens (primary N) is 1. The fourth-order valence-corrected chi connectivity index (χ4v) is 17.1. The van der Waals surface area contributed by atoms with Gasteiger partial charge in [-0.3, -0.25) is 58.5 Å². The highest BCUT2D eigenvalue weighted by Crippen LogP contribution is 2.48. The van der Waals surface area contributed by atoms with E-state index in [9.17, 15) is 63.9 Å². The second-order valence-corrected chi connectivity index (χ2v) is 31.6. The molecule has 34 nitrogen and oxygen atoms in total. The Morgan fingerprint density at radius 2 is 1.50 bits per heavy atom. The third kappa shape index (κ3) is 17.4. The number of carbonyl (C=O) groups is 10. The number of nitrogens with zero attached hydrogens (tertiary/aromatic N) is 7. The standard InChI is InChI=1S/C68H80N18O16S6/c1-13-35-61-79-41(21-104-61)57(97)85-50(67(12,101)32(11)89)64-81-43(23-107-64)60(103)84-46-31(10)102-65(100)38-18-34(29(8)87)33-14-15-36(48(90)47(33)75-38)74-44(24(2)3)58(98)73-27(6)53(93)71-26(5)52(92)72-28(7)54(94)86-68(66-82-42(22-108-66)56(96)83-45(30(9)88)59(99)77-35)17-16-37(76-49(68)39-19-106-63(46)78-39)62-80-40(20-105-62)55(95)70-25(4)51(69)91/h13-15,18-20,22-24,27-32,36,41,44-46,48-50,74,87-90,101H,4-5,16-17,21H2,1-3,6-12H3,(H2,69,91)(H,70,95)(H,71,93)(H,72,92)(H,73,98)(H,77,99)(H,83,96)(H,84,103)(H,85,97)(H,86,94)/b35-13-/t27-,28-,29-,30+,31+,32+,36+,41+,44-,45-,46-,48-,49+,50+,67+,68+/m0/s1. The predicted octanol–water partition coefficient (Wildman–Crippen LogP) is 1.29. The van der Waals surface area contributed by atoms with Crippen LogP contribution in [0.2, 0.25) is 0 Å². The van der Waals surface area contributed by atoms with E-state index < -0.39 is 178 Å². The summed E-state index contributed by atoms with van der Waals surface area (Å²) in [5, 5.41) is 91.4. The first-order valence-corrected chi connectivity index (χ1v) is 38.7. The van der Waals surface area contributed by atoms with Crippen LogP contribution in [-0.2, 0) is 43.8 Å². The number of aliphatic hydroxyl groups excluding tert-OH is 4. The van der Waals surface area contributed by atoms with E-state index >= 15 is 9.59 Å². The van der Waals surface area contributed by atoms with Crippen LogP contribution in [0.5, 0.6) is 0 Å². The number of aliphatic hydroxyl groups is 5. The van der Waals surface area contributed by atoms with E-state index in [0.717, 1.165) is 57.1 Å². The van der Waals surface area contributed by atoms with Crippen molar-refractivity contribution in [1.29, 1.82) is 0 Å². The van der Waals surface area contributed by atoms with Crippen LogP contribution >= 0.6 is 69.3 Å². The maximum Gasteiger partial charge on any atom is 0.357 e. The number of aromatic nitrogens is 5. The van der Waals surface area contributed by atoms with Crippen molar-refractivity contribution < 1.29 is 78.2 Å². The highest BCUT2D eigenvalue weighted by atomic mass is 32.2. The molecule has 0 aromatic carbocycles. The number of thiazole rings is 4. The zero-order valence-electron chi connectivity index (χ0n) is 59.7. The van der Waals surface area contributed by atoms with Crippen LogP contribution in [0.1, 0.15) is 192 Å². The van der Waals surface area contributed by atoms with E-state index in [0.29, 0.717) is 0 Å². The third-order valence-electron chi connectivity index (χ3n) is 18.4. The number of pyridine rings is 1. The zero-order chi connectivity index (χ0) is 78.9. The Balaban J connectivity index is 1.18. The number of carbonyl (C=O) groups excluding carboxylic acids is 10. The number of hydrogen-bond acceptors (Lipinski definition) is 30. The number of primary amides is 1. The van der Waals surface area contributed by atoms with Gasteiger partial charge in [0.2, 0.25) is 29.5 Å². The molecule has 0 saturated heterocycles. The van der Waals surface area contributed by atoms with Gasteiger partial charge in [0.25, 0.3) is 23.6 Å². The molecule has 16 atom stereocenters. The average molecular weight is 1600 g/mol. The lowest BCUT2D eigenvalue weighted by Gasteiger charge is -2.41. The molecular formula is C68H80N18O16S6. The molecule has 0 spiro atoms. The first kappa shape index (κ1) is 81.2. The highest BCUT2D eigenvalue weighted by Gasteiger charge is 2.51. The first-order valence-electron chi connectivity index (χ1n) is 33.8. The number of ether oxygens (including phenoxy) is 1. The Morgan fingerprint density at radius 1 is 0.796 bits per heavy atom. The lowest BCUT2D eigenvalue weighted by molar-refractivity contribution is -0.131. The lowest BCUT2D eigenvalue weighted by atomic mass is 9.80. The van der Waals surface area contributed by atoms with Gasteiger partial charge in [-0.25, -0.2) is 29.7 Å². The number of hydrogen-bond donors (Lipinski definition) is 16. The second kappa shape index (κ2) is 33.3. The topological polar surface area (TPSA) is 517 Å². The maximum absolute atomic E-state index is 15.3. The van der Waals surface area contributed by atoms with Crippen molar-refractivity contribution >= 4 is 150 Å². The Bertz CT molecular complexity index is 4610. The van der Waals surface area contributed by atoms with Crippen molar-refractivity contribution in [3.8, 4) is 0 Å². The van der Waals surface area contributed by atoms with Crippen LogP contribution in [-0.4, -0.2) is 191 Å². The lowest BCUT2D eigenvalue weighted by Crippen LogP contribution is -2.57. The van der Waals surface area contributed by atoms with Gasteiger partial charge in [0, 0.05) is 32.8 Å². The van der Waals surface area contributed by atoms with Crippen molar-refractivity contribution in [3.05, 3.63) is 135 Å². The molecule has 574 valence electrons. The number of thioether (sulfide) groups is 1. The molecule has 4 aliphatic heterocycles. The molecule has 0 fully saturated rings. The third-order valence-corrected chi connectivity index (χ3v) is 23.6. The average Bonchev–Trinajstić information content (AvgIpc) is 1.48. The van der Waals surface area contributed by atoms with E-state index in [1.54, 1.807) is 38.3 Å². The summed E-state index contributed by atoms with van der Waals surface area (Å²) in [5.74, 6) is -9.65. The van der Waals surface area contributed by atoms with Gasteiger partial charge in [-0.15, -0.1) is 57.1 Å². The summed E-state index contributed by atoms with van der Waals surface area (Å²) in [6.45, 7) is 21.7. The van der Waals surface area contributed by atoms with Crippen LogP contribution in [0, 0.1) is 5.92 Å². The molecule has 5 aliphatic rings. The van der Waals surface area contributed by atoms with Crippen molar-refractivity contribution in [2.24, 2.45) is 21.6 Å². The fourth-order valence-electron chi connectivity index (χ4n) is 11.9. The van der Waals surface area contributed by atoms with Gasteiger partial charge in [-0.2, -0.15) is 0 Å². The molecule has 0 radical (unpaired) electrons. The van der Waals surface area contributed by atoms with Crippen LogP contribution < -0.4 is 58.9 Å². The smallest absolute Gasteiger partial charge is 0.357 e. The van der Waals surface area contributed by atoms with Gasteiger partial charge in [-0.05, 0) is 85.8 Å². The summed E-state index contributed by atoms with van der Waals surface area (Å²) in [4.78, 5) is 175. The summed E-state index contributed by atoms with van der Waals surface area (Å²) < 4.78 is 6.33. The fraction of sp³-hybridized carbons (Fsp3) is 0.441. The summed E-state index contributed by atoms with van der Waals surface area (Å²) in [6.07, 6.45) is -3.03. The Morgan fingerprint density at radius 3 is 2.18 bits per heavy atom. The minimum atomic E-state index is -2.12. The number of rotatable bonds is 9. The summed E-state index contributed by atoms with van der Waals surface area (Å²) in [7, 11) is 0. The Labute approximate surface area is 643 Å². The number of cyclic esters (lactones) is 1. The molecule has 40 heteroatoms. The molecule has 0 unspecified atom stereocenters. The number of allylic oxidation sites excluding steroid dienone is 1. The zero-order valence-corrected chi connectivity index (χ0v) is 64.6. The van der Waals surface area contributed by atoms with Crippen molar-refractivity contribution in [1.82, 2.24) is 78.1 Å². The number of amides is 9. The first-order chi connectivity index (χ1) is 50.9. The molecule has 13 bridgehead atoms. The van der Waals surface area contributed by atoms with Gasteiger partial charge in [0.05, 0.1) is 64.6 Å². The number of nitrogens with one attached hydrogen (secondary N) is 10. The molecule has 1 aliphatic carbocycles. The number of esters is 1. The summed E-state index contributed by atoms with van der Waals surface area (Å²) >= 11 is 11.0. The van der Waals surface area contributed by atoms with Crippen molar-refractivity contribution in [2.75, 3.05) is 5.75 Å². The number of thiocarbonyl (C=S) groups is 1. The Kier molecular flexibility index (Phi) is 25.0. The van der Waals surface area contributed by atoms with E-state index in [4.69, 9.17) is 42.6 Å². The monoisotopic (exact) mass is 1600 g/mol. The van der Waals surface area contributed by atoms with Crippen molar-refractivity contribution in [3.63, 3.8) is 0 Å². The van der Waals surface area contributed by atoms with E-state index in [-0.39, 0.29) is 99.7 Å². The van der Waals surface area contributed by atoms with Crippen LogP contribution in [0.3, 0.4) is 0 Å². The van der Waals surface area contributed by atoms with E-state index in [1.807, 2.05) is 0 Å². The SMILES string of the molecule is C=C(NC(=O)c1csc(C2=N[C@@H]3c4csc(n4)[C@H]4NC(=S)c5csc(n5)[C@H]([C@](C)(O)[C@@H](C)O)NC(=O)[C@H]5CSC(=N5)/C(=C/C)NC(=O)[C@H]([C@@H](C)O)NC(=O)c5csc(n5)[C@]3(CC2)NC(=O)[C@H](C)NC(=O)C(=C)NC(=O)[C@H](C)NC(=O)[C@H](C(C)C)N[C@@H]2C=Cc3c([C@H](C)O)cc(nc3[C@H]2O)C(=O)O[C@@H]4C)n1)C(N)=O. The quantitative estimate of drug-likeness (QED) is 0.0561. The largest absolute Gasteiger partial charge is 0.455 e. The van der Waals surface area contributed by atoms with Crippen molar-refractivity contribution in [2.45, 2.75) is 178 Å². The molecule has 5 aromatic rings. The minimum absolute atomic E-state index is 0.0286. The number of aliphatic imine (C=N–C) groups is 2. The molecule has 9 amide bonds. The van der Waals surface area contributed by atoms with Gasteiger partial charge in [0.1, 0.15) is 118 Å². The van der Waals surface area contributed by atoms with Crippen LogP contribution in [0.25, 0.3) is 6.08 Å². The summed E-state index contributed by atoms with van der Waals surface area (Å²) in [5.41, 5.74) is 0.0823. The van der Waals surface area contributed by atoms with Gasteiger partial charge < -0.3 is 83.9 Å². The molecule has 108 heavy (non-hydrogen) atoms. The van der Waals surface area contributed by atoms with E-state index in [2.05, 4.69) is 81.3 Å². The molecule has 0 saturated carbocycles. The van der Waals surface area contributed by atoms with Crippen LogP contribution in [0.15, 0.2) is 80.0 Å². The predicted molar refractivity (Wildman–Crippen MR) is 404 cm³/mol. The van der Waals surface area contributed by atoms with Gasteiger partial charge in [-0.1, -0.05) is 57.5 Å². The number of fused-ring (bicyclic) bond motifs is 7. The maximum atomic E-state index is 15.3. The Hall–Kier alpha value is -9.33. The molecule has 10 rings (SSSR count). The minimum Gasteiger partial charge on any atom is -0.455 e. The van der Waals surface area contributed by atoms with Crippen LogP contribution in [0.4, 0.5) is 0 Å².